The number of unbranched alkanes of at least 4 members (excludes halogenated alkanes) is 1. The van der Waals surface area contributed by atoms with E-state index in [-0.39, 0.29) is 5.75 Å². The highest BCUT2D eigenvalue weighted by Gasteiger charge is 2.12. The van der Waals surface area contributed by atoms with E-state index in [9.17, 15) is 8.42 Å². The number of nitrogens with two attached hydrogens (primary N) is 2. The first kappa shape index (κ1) is 16.5. The predicted octanol–water partition coefficient (Wildman–Crippen LogP) is -0.905. The minimum Gasteiger partial charge on any atom is -0.330 e. The number of sulfonamides is 1. The summed E-state index contributed by atoms with van der Waals surface area (Å²) < 4.78 is 25.0. The molecule has 0 aromatic rings. The van der Waals surface area contributed by atoms with Gasteiger partial charge in [0.2, 0.25) is 10.0 Å². The summed E-state index contributed by atoms with van der Waals surface area (Å²) in [5.41, 5.74) is 11.0. The summed E-state index contributed by atoms with van der Waals surface area (Å²) in [6.07, 6.45) is 3.35. The molecule has 0 aliphatic carbocycles. The average Bonchev–Trinajstić information content (AvgIpc) is 2.22. The molecule has 6 N–H and O–H groups in total. The first-order chi connectivity index (χ1) is 8.02. The molecule has 0 saturated carbocycles. The average molecular weight is 264 g/mol. The minimum atomic E-state index is -3.32. The first-order valence-electron chi connectivity index (χ1n) is 5.79. The number of nitrogens with one attached hydrogen (secondary N) is 2. The molecule has 0 radical (unpaired) electrons. The maximum absolute atomic E-state index is 11.3. The van der Waals surface area contributed by atoms with Gasteiger partial charge in [-0.3, -0.25) is 0 Å². The second kappa shape index (κ2) is 9.55. The van der Waals surface area contributed by atoms with Crippen molar-refractivity contribution in [2.75, 3.05) is 25.4 Å². The summed E-state index contributed by atoms with van der Waals surface area (Å²) in [6, 6.07) is 0. The van der Waals surface area contributed by atoms with Crippen molar-refractivity contribution in [3.05, 3.63) is 12.7 Å². The normalized spacial score (nSPS) is 13.5. The van der Waals surface area contributed by atoms with Crippen molar-refractivity contribution in [3.63, 3.8) is 0 Å². The maximum Gasteiger partial charge on any atom is 0.216 e. The third-order valence-electron chi connectivity index (χ3n) is 2.11. The van der Waals surface area contributed by atoms with E-state index in [1.807, 2.05) is 0 Å². The minimum absolute atomic E-state index is 0.107. The Bertz CT molecular complexity index is 293. The highest BCUT2D eigenvalue weighted by Crippen LogP contribution is 1.90. The van der Waals surface area contributed by atoms with E-state index in [1.54, 1.807) is 0 Å². The van der Waals surface area contributed by atoms with Crippen molar-refractivity contribution in [3.8, 4) is 0 Å². The van der Waals surface area contributed by atoms with E-state index in [0.29, 0.717) is 19.5 Å². The lowest BCUT2D eigenvalue weighted by Gasteiger charge is -2.13. The summed E-state index contributed by atoms with van der Waals surface area (Å²) >= 11 is 0. The highest BCUT2D eigenvalue weighted by atomic mass is 32.2. The fourth-order valence-corrected chi connectivity index (χ4v) is 2.26. The Hall–Kier alpha value is -0.470. The Morgan fingerprint density at radius 2 is 2.00 bits per heavy atom. The lowest BCUT2D eigenvalue weighted by Crippen LogP contribution is -2.43. The van der Waals surface area contributed by atoms with E-state index >= 15 is 0 Å². The molecule has 0 fully saturated rings. The zero-order chi connectivity index (χ0) is 13.1. The zero-order valence-corrected chi connectivity index (χ0v) is 11.0. The molecule has 0 saturated heterocycles. The lowest BCUT2D eigenvalue weighted by molar-refractivity contribution is 0.514. The third-order valence-corrected chi connectivity index (χ3v) is 3.44. The second-order valence-electron chi connectivity index (χ2n) is 3.83. The maximum atomic E-state index is 11.3. The number of hydrogen-bond donors (Lipinski definition) is 4. The summed E-state index contributed by atoms with van der Waals surface area (Å²) in [4.78, 5) is 0. The molecular formula is C10H24N4O2S. The molecule has 0 aromatic heterocycles. The molecule has 17 heavy (non-hydrogen) atoms. The molecule has 0 aliphatic heterocycles. The SMILES string of the molecule is C=CCS(=O)(=O)NC(N)CCNCCCCN. The van der Waals surface area contributed by atoms with Crippen molar-refractivity contribution in [1.82, 2.24) is 10.0 Å². The standard InChI is InChI=1S/C10H24N4O2S/c1-2-9-17(15,16)14-10(12)5-8-13-7-4-3-6-11/h2,10,13-14H,1,3-9,11-12H2. The van der Waals surface area contributed by atoms with Crippen molar-refractivity contribution >= 4 is 10.0 Å². The molecule has 1 unspecified atom stereocenters. The lowest BCUT2D eigenvalue weighted by atomic mass is 10.3. The fraction of sp³-hybridized carbons (Fsp3) is 0.800. The van der Waals surface area contributed by atoms with Gasteiger partial charge in [0.15, 0.2) is 0 Å². The van der Waals surface area contributed by atoms with Crippen LogP contribution in [0.15, 0.2) is 12.7 Å². The van der Waals surface area contributed by atoms with E-state index in [4.69, 9.17) is 11.5 Å². The molecule has 102 valence electrons. The van der Waals surface area contributed by atoms with Crippen LogP contribution in [0.4, 0.5) is 0 Å². The van der Waals surface area contributed by atoms with Gasteiger partial charge in [0.25, 0.3) is 0 Å². The fourth-order valence-electron chi connectivity index (χ4n) is 1.27. The molecule has 0 bridgehead atoms. The van der Waals surface area contributed by atoms with E-state index < -0.39 is 16.2 Å². The molecule has 1 atom stereocenters. The monoisotopic (exact) mass is 264 g/mol. The molecule has 0 amide bonds. The van der Waals surface area contributed by atoms with Crippen molar-refractivity contribution < 1.29 is 8.42 Å². The summed E-state index contributed by atoms with van der Waals surface area (Å²) in [7, 11) is -3.32. The van der Waals surface area contributed by atoms with Gasteiger partial charge in [-0.15, -0.1) is 6.58 Å². The van der Waals surface area contributed by atoms with Crippen LogP contribution in [0.2, 0.25) is 0 Å². The van der Waals surface area contributed by atoms with Gasteiger partial charge >= 0.3 is 0 Å². The van der Waals surface area contributed by atoms with E-state index in [0.717, 1.165) is 19.4 Å². The van der Waals surface area contributed by atoms with E-state index in [2.05, 4.69) is 16.6 Å². The Kier molecular flexibility index (Phi) is 9.28. The molecule has 0 aromatic carbocycles. The van der Waals surface area contributed by atoms with Gasteiger partial charge in [-0.1, -0.05) is 6.08 Å². The first-order valence-corrected chi connectivity index (χ1v) is 7.44. The summed E-state index contributed by atoms with van der Waals surface area (Å²) in [5, 5.41) is 3.18. The van der Waals surface area contributed by atoms with Gasteiger partial charge in [0.05, 0.1) is 11.9 Å². The van der Waals surface area contributed by atoms with Crippen LogP contribution in [0.25, 0.3) is 0 Å². The predicted molar refractivity (Wildman–Crippen MR) is 70.9 cm³/mol. The van der Waals surface area contributed by atoms with Crippen LogP contribution in [0.3, 0.4) is 0 Å². The smallest absolute Gasteiger partial charge is 0.216 e. The molecule has 0 aliphatic rings. The topological polar surface area (TPSA) is 110 Å². The van der Waals surface area contributed by atoms with E-state index in [1.165, 1.54) is 6.08 Å². The van der Waals surface area contributed by atoms with Crippen molar-refractivity contribution in [1.29, 1.82) is 0 Å². The Morgan fingerprint density at radius 1 is 1.29 bits per heavy atom. The summed E-state index contributed by atoms with van der Waals surface area (Å²) in [6.45, 7) is 5.63. The van der Waals surface area contributed by atoms with Crippen molar-refractivity contribution in [2.24, 2.45) is 11.5 Å². The second-order valence-corrected chi connectivity index (χ2v) is 5.63. The Morgan fingerprint density at radius 3 is 2.59 bits per heavy atom. The molecule has 6 nitrogen and oxygen atoms in total. The van der Waals surface area contributed by atoms with Gasteiger partial charge in [0.1, 0.15) is 0 Å². The van der Waals surface area contributed by atoms with Crippen LogP contribution in [0, 0.1) is 0 Å². The molecule has 0 rings (SSSR count). The molecule has 0 heterocycles. The molecular weight excluding hydrogens is 240 g/mol. The largest absolute Gasteiger partial charge is 0.330 e. The molecule has 7 heteroatoms. The number of hydrogen-bond acceptors (Lipinski definition) is 5. The highest BCUT2D eigenvalue weighted by molar-refractivity contribution is 7.89. The zero-order valence-electron chi connectivity index (χ0n) is 10.2. The van der Waals surface area contributed by atoms with Crippen LogP contribution < -0.4 is 21.5 Å². The van der Waals surface area contributed by atoms with Crippen LogP contribution >= 0.6 is 0 Å². The number of rotatable bonds is 11. The van der Waals surface area contributed by atoms with Gasteiger partial charge in [-0.2, -0.15) is 4.72 Å². The van der Waals surface area contributed by atoms with Gasteiger partial charge in [0, 0.05) is 0 Å². The van der Waals surface area contributed by atoms with Gasteiger partial charge in [-0.25, -0.2) is 8.42 Å². The Labute approximate surface area is 104 Å². The van der Waals surface area contributed by atoms with Crippen LogP contribution in [-0.2, 0) is 10.0 Å². The summed E-state index contributed by atoms with van der Waals surface area (Å²) in [5.74, 6) is -0.107. The molecule has 0 spiro atoms. The van der Waals surface area contributed by atoms with Crippen LogP contribution in [0.5, 0.6) is 0 Å². The third kappa shape index (κ3) is 10.4. The Balaban J connectivity index is 3.59. The van der Waals surface area contributed by atoms with Crippen molar-refractivity contribution in [2.45, 2.75) is 25.4 Å². The van der Waals surface area contributed by atoms with Gasteiger partial charge in [-0.05, 0) is 38.9 Å². The van der Waals surface area contributed by atoms with Gasteiger partial charge < -0.3 is 16.8 Å². The quantitative estimate of drug-likeness (QED) is 0.219. The van der Waals surface area contributed by atoms with Crippen LogP contribution in [0.1, 0.15) is 19.3 Å². The van der Waals surface area contributed by atoms with Crippen LogP contribution in [-0.4, -0.2) is 40.0 Å².